The normalized spacial score (nSPS) is 22.4. The molecule has 0 saturated carbocycles. The van der Waals surface area contributed by atoms with Crippen LogP contribution in [0.4, 0.5) is 5.69 Å². The molecule has 3 aliphatic rings. The fraction of sp³-hybridized carbons (Fsp3) is 0.652. The molecule has 4 rings (SSSR count). The summed E-state index contributed by atoms with van der Waals surface area (Å²) in [6.07, 6.45) is 3.57. The number of nitrogens with zero attached hydrogens (tertiary/aromatic N) is 4. The summed E-state index contributed by atoms with van der Waals surface area (Å²) in [6.45, 7) is 8.69. The number of morpholine rings is 1. The first kappa shape index (κ1) is 21.1. The van der Waals surface area contributed by atoms with E-state index in [9.17, 15) is 4.79 Å². The van der Waals surface area contributed by atoms with Gasteiger partial charge >= 0.3 is 0 Å². The number of hydrogen-bond acceptors (Lipinski definition) is 4. The van der Waals surface area contributed by atoms with Crippen LogP contribution in [0.25, 0.3) is 0 Å². The van der Waals surface area contributed by atoms with Gasteiger partial charge < -0.3 is 19.9 Å². The van der Waals surface area contributed by atoms with Crippen LogP contribution >= 0.6 is 0 Å². The summed E-state index contributed by atoms with van der Waals surface area (Å²) in [5.41, 5.74) is 2.37. The Kier molecular flexibility index (Phi) is 7.23. The maximum absolute atomic E-state index is 12.7. The molecule has 3 aliphatic heterocycles. The van der Waals surface area contributed by atoms with Gasteiger partial charge in [0.2, 0.25) is 5.91 Å². The average Bonchev–Trinajstić information content (AvgIpc) is 3.41. The lowest BCUT2D eigenvalue weighted by molar-refractivity contribution is -0.118. The molecule has 0 aromatic heterocycles. The lowest BCUT2D eigenvalue weighted by Crippen LogP contribution is -2.42. The highest BCUT2D eigenvalue weighted by atomic mass is 16.5. The Morgan fingerprint density at radius 2 is 2.03 bits per heavy atom. The Morgan fingerprint density at radius 1 is 1.20 bits per heavy atom. The van der Waals surface area contributed by atoms with Gasteiger partial charge in [-0.3, -0.25) is 14.7 Å². The SMILES string of the molecule is CN=C(NCCCC(=O)N1CCc2ccccc21)N1CCC(CN2CCOCC2)C1. The molecular weight excluding hydrogens is 378 g/mol. The molecule has 30 heavy (non-hydrogen) atoms. The Labute approximate surface area is 180 Å². The second-order valence-electron chi connectivity index (χ2n) is 8.52. The zero-order valence-corrected chi connectivity index (χ0v) is 18.2. The number of ether oxygens (including phenoxy) is 1. The van der Waals surface area contributed by atoms with Crippen molar-refractivity contribution in [1.29, 1.82) is 0 Å². The number of amides is 1. The number of para-hydroxylation sites is 1. The fourth-order valence-corrected chi connectivity index (χ4v) is 4.83. The topological polar surface area (TPSA) is 60.4 Å². The summed E-state index contributed by atoms with van der Waals surface area (Å²) in [5.74, 6) is 1.89. The second-order valence-corrected chi connectivity index (χ2v) is 8.52. The van der Waals surface area contributed by atoms with Gasteiger partial charge in [-0.2, -0.15) is 0 Å². The van der Waals surface area contributed by atoms with Crippen LogP contribution in [-0.2, 0) is 16.0 Å². The number of likely N-dealkylation sites (tertiary alicyclic amines) is 1. The third-order valence-corrected chi connectivity index (χ3v) is 6.46. The van der Waals surface area contributed by atoms with E-state index in [2.05, 4.69) is 32.2 Å². The highest BCUT2D eigenvalue weighted by Gasteiger charge is 2.27. The van der Waals surface area contributed by atoms with Gasteiger partial charge in [0.05, 0.1) is 13.2 Å². The predicted molar refractivity (Wildman–Crippen MR) is 120 cm³/mol. The van der Waals surface area contributed by atoms with Crippen molar-refractivity contribution in [3.8, 4) is 0 Å². The highest BCUT2D eigenvalue weighted by Crippen LogP contribution is 2.28. The molecule has 1 amide bonds. The fourth-order valence-electron chi connectivity index (χ4n) is 4.83. The maximum Gasteiger partial charge on any atom is 0.227 e. The number of fused-ring (bicyclic) bond motifs is 1. The van der Waals surface area contributed by atoms with E-state index < -0.39 is 0 Å². The predicted octanol–water partition coefficient (Wildman–Crippen LogP) is 1.59. The number of nitrogens with one attached hydrogen (secondary N) is 1. The van der Waals surface area contributed by atoms with Crippen LogP contribution in [0.15, 0.2) is 29.3 Å². The zero-order chi connectivity index (χ0) is 20.8. The van der Waals surface area contributed by atoms with Gasteiger partial charge in [-0.25, -0.2) is 0 Å². The van der Waals surface area contributed by atoms with Gasteiger partial charge in [0.1, 0.15) is 0 Å². The smallest absolute Gasteiger partial charge is 0.227 e. The van der Waals surface area contributed by atoms with Crippen molar-refractivity contribution in [3.63, 3.8) is 0 Å². The monoisotopic (exact) mass is 413 g/mol. The summed E-state index contributed by atoms with van der Waals surface area (Å²) in [6, 6.07) is 8.24. The van der Waals surface area contributed by atoms with E-state index in [-0.39, 0.29) is 5.91 Å². The molecule has 2 fully saturated rings. The largest absolute Gasteiger partial charge is 0.379 e. The minimum atomic E-state index is 0.225. The molecule has 0 radical (unpaired) electrons. The molecule has 0 aliphatic carbocycles. The van der Waals surface area contributed by atoms with Crippen LogP contribution < -0.4 is 10.2 Å². The average molecular weight is 414 g/mol. The lowest BCUT2D eigenvalue weighted by Gasteiger charge is -2.29. The number of hydrogen-bond donors (Lipinski definition) is 1. The summed E-state index contributed by atoms with van der Waals surface area (Å²) in [5, 5.41) is 3.47. The van der Waals surface area contributed by atoms with E-state index in [1.54, 1.807) is 0 Å². The second kappa shape index (κ2) is 10.3. The quantitative estimate of drug-likeness (QED) is 0.436. The molecule has 3 heterocycles. The molecule has 1 aromatic rings. The van der Waals surface area contributed by atoms with Crippen molar-refractivity contribution in [1.82, 2.24) is 15.1 Å². The van der Waals surface area contributed by atoms with Gasteiger partial charge in [0, 0.05) is 65.0 Å². The molecule has 1 unspecified atom stereocenters. The van der Waals surface area contributed by atoms with E-state index >= 15 is 0 Å². The van der Waals surface area contributed by atoms with Crippen LogP contribution in [0.2, 0.25) is 0 Å². The van der Waals surface area contributed by atoms with E-state index in [0.717, 1.165) is 83.5 Å². The van der Waals surface area contributed by atoms with Gasteiger partial charge in [-0.05, 0) is 36.8 Å². The molecule has 0 spiro atoms. The van der Waals surface area contributed by atoms with Crippen LogP contribution in [0.3, 0.4) is 0 Å². The van der Waals surface area contributed by atoms with E-state index in [0.29, 0.717) is 12.3 Å². The Bertz CT molecular complexity index is 747. The minimum absolute atomic E-state index is 0.225. The first-order valence-electron chi connectivity index (χ1n) is 11.4. The lowest BCUT2D eigenvalue weighted by atomic mass is 10.1. The molecule has 7 heteroatoms. The van der Waals surface area contributed by atoms with Gasteiger partial charge in [-0.15, -0.1) is 0 Å². The van der Waals surface area contributed by atoms with Crippen molar-refractivity contribution < 1.29 is 9.53 Å². The molecule has 1 aromatic carbocycles. The van der Waals surface area contributed by atoms with E-state index in [4.69, 9.17) is 4.74 Å². The van der Waals surface area contributed by atoms with Gasteiger partial charge in [-0.1, -0.05) is 18.2 Å². The third kappa shape index (κ3) is 5.13. The Hall–Kier alpha value is -2.12. The zero-order valence-electron chi connectivity index (χ0n) is 18.2. The van der Waals surface area contributed by atoms with Crippen LogP contribution in [-0.4, -0.2) is 87.7 Å². The van der Waals surface area contributed by atoms with Crippen molar-refractivity contribution in [2.75, 3.05) is 71.0 Å². The molecule has 7 nitrogen and oxygen atoms in total. The van der Waals surface area contributed by atoms with Crippen molar-refractivity contribution in [2.24, 2.45) is 10.9 Å². The number of carbonyl (C=O) groups is 1. The van der Waals surface area contributed by atoms with Gasteiger partial charge in [0.15, 0.2) is 5.96 Å². The number of carbonyl (C=O) groups excluding carboxylic acids is 1. The third-order valence-electron chi connectivity index (χ3n) is 6.46. The Morgan fingerprint density at radius 3 is 2.87 bits per heavy atom. The first-order chi connectivity index (χ1) is 14.7. The van der Waals surface area contributed by atoms with Gasteiger partial charge in [0.25, 0.3) is 0 Å². The minimum Gasteiger partial charge on any atom is -0.379 e. The number of rotatable bonds is 6. The Balaban J connectivity index is 1.17. The molecule has 2 saturated heterocycles. The highest BCUT2D eigenvalue weighted by molar-refractivity contribution is 5.95. The van der Waals surface area contributed by atoms with Crippen LogP contribution in [0.5, 0.6) is 0 Å². The number of aliphatic imine (C=N–C) groups is 1. The number of anilines is 1. The van der Waals surface area contributed by atoms with Crippen molar-refractivity contribution in [2.45, 2.75) is 25.7 Å². The summed E-state index contributed by atoms with van der Waals surface area (Å²) < 4.78 is 5.45. The van der Waals surface area contributed by atoms with Crippen LogP contribution in [0, 0.1) is 5.92 Å². The number of benzene rings is 1. The summed E-state index contributed by atoms with van der Waals surface area (Å²) in [7, 11) is 1.85. The summed E-state index contributed by atoms with van der Waals surface area (Å²) >= 11 is 0. The van der Waals surface area contributed by atoms with Crippen LogP contribution in [0.1, 0.15) is 24.8 Å². The van der Waals surface area contributed by atoms with E-state index in [1.165, 1.54) is 12.0 Å². The standard InChI is InChI=1S/C23H35N5O2/c1-24-23(27-11-8-19(18-27)17-26-13-15-30-16-14-26)25-10-4-7-22(29)28-12-9-20-5-2-3-6-21(20)28/h2-3,5-6,19H,4,7-18H2,1H3,(H,24,25). The molecule has 0 bridgehead atoms. The van der Waals surface area contributed by atoms with E-state index in [1.807, 2.05) is 24.1 Å². The molecule has 1 atom stereocenters. The molecule has 164 valence electrons. The number of guanidine groups is 1. The molecular formula is C23H35N5O2. The molecule has 1 N–H and O–H groups in total. The van der Waals surface area contributed by atoms with Crippen molar-refractivity contribution >= 4 is 17.6 Å². The maximum atomic E-state index is 12.7. The van der Waals surface area contributed by atoms with Crippen molar-refractivity contribution in [3.05, 3.63) is 29.8 Å². The summed E-state index contributed by atoms with van der Waals surface area (Å²) in [4.78, 5) is 24.0. The first-order valence-corrected chi connectivity index (χ1v) is 11.4.